The van der Waals surface area contributed by atoms with Gasteiger partial charge in [-0.25, -0.2) is 0 Å². The monoisotopic (exact) mass is 225 g/mol. The number of hydrogen-bond donors (Lipinski definition) is 2. The standard InChI is InChI=1S/C12H23N3O/c1-4-12(2,6-8-16)13-7-5-11-9-14-15(3)10-11/h9-10,13,16H,4-8H2,1-3H3. The van der Waals surface area contributed by atoms with Crippen LogP contribution in [-0.2, 0) is 13.5 Å². The van der Waals surface area contributed by atoms with Gasteiger partial charge in [0, 0.05) is 25.4 Å². The van der Waals surface area contributed by atoms with Gasteiger partial charge in [-0.2, -0.15) is 5.10 Å². The largest absolute Gasteiger partial charge is 0.396 e. The molecule has 1 heterocycles. The van der Waals surface area contributed by atoms with Crippen molar-refractivity contribution < 1.29 is 5.11 Å². The molecule has 1 aromatic rings. The molecule has 0 radical (unpaired) electrons. The van der Waals surface area contributed by atoms with E-state index in [1.807, 2.05) is 24.1 Å². The number of aromatic nitrogens is 2. The molecule has 0 amide bonds. The Labute approximate surface area is 97.7 Å². The minimum absolute atomic E-state index is 0.0525. The van der Waals surface area contributed by atoms with E-state index in [0.29, 0.717) is 0 Å². The molecule has 0 spiro atoms. The summed E-state index contributed by atoms with van der Waals surface area (Å²) in [5.41, 5.74) is 1.30. The van der Waals surface area contributed by atoms with Crippen LogP contribution >= 0.6 is 0 Å². The van der Waals surface area contributed by atoms with E-state index in [1.54, 1.807) is 0 Å². The molecule has 16 heavy (non-hydrogen) atoms. The second-order valence-corrected chi connectivity index (χ2v) is 4.59. The van der Waals surface area contributed by atoms with Crippen LogP contribution in [0.4, 0.5) is 0 Å². The molecule has 1 atom stereocenters. The van der Waals surface area contributed by atoms with Gasteiger partial charge in [-0.15, -0.1) is 0 Å². The molecule has 0 fully saturated rings. The number of hydrogen-bond acceptors (Lipinski definition) is 3. The highest BCUT2D eigenvalue weighted by atomic mass is 16.3. The van der Waals surface area contributed by atoms with Crippen molar-refractivity contribution in [1.29, 1.82) is 0 Å². The second kappa shape index (κ2) is 6.01. The molecular weight excluding hydrogens is 202 g/mol. The molecule has 0 bridgehead atoms. The summed E-state index contributed by atoms with van der Waals surface area (Å²) in [6.45, 7) is 5.47. The number of aliphatic hydroxyl groups is 1. The van der Waals surface area contributed by atoms with Gasteiger partial charge in [0.2, 0.25) is 0 Å². The minimum atomic E-state index is 0.0525. The molecule has 0 aromatic carbocycles. The lowest BCUT2D eigenvalue weighted by Gasteiger charge is -2.29. The SMILES string of the molecule is CCC(C)(CCO)NCCc1cnn(C)c1. The number of nitrogens with one attached hydrogen (secondary N) is 1. The molecule has 4 nitrogen and oxygen atoms in total. The first-order valence-corrected chi connectivity index (χ1v) is 5.93. The Morgan fingerprint density at radius 3 is 2.81 bits per heavy atom. The first-order valence-electron chi connectivity index (χ1n) is 5.93. The zero-order valence-electron chi connectivity index (χ0n) is 10.5. The summed E-state index contributed by atoms with van der Waals surface area (Å²) in [6.07, 6.45) is 6.75. The third-order valence-electron chi connectivity index (χ3n) is 3.17. The van der Waals surface area contributed by atoms with E-state index < -0.39 is 0 Å². The normalized spacial score (nSPS) is 15.0. The highest BCUT2D eigenvalue weighted by molar-refractivity contribution is 5.04. The lowest BCUT2D eigenvalue weighted by atomic mass is 9.95. The van der Waals surface area contributed by atoms with Crippen LogP contribution in [0.25, 0.3) is 0 Å². The quantitative estimate of drug-likeness (QED) is 0.730. The molecule has 0 saturated carbocycles. The van der Waals surface area contributed by atoms with Crippen LogP contribution in [0.15, 0.2) is 12.4 Å². The first-order chi connectivity index (χ1) is 7.59. The zero-order chi connectivity index (χ0) is 12.0. The average Bonchev–Trinajstić information content (AvgIpc) is 2.65. The van der Waals surface area contributed by atoms with Crippen molar-refractivity contribution in [2.24, 2.45) is 7.05 Å². The maximum absolute atomic E-state index is 9.00. The Morgan fingerprint density at radius 2 is 2.31 bits per heavy atom. The predicted octanol–water partition coefficient (Wildman–Crippen LogP) is 1.10. The summed E-state index contributed by atoms with van der Waals surface area (Å²) in [7, 11) is 1.93. The second-order valence-electron chi connectivity index (χ2n) is 4.59. The summed E-state index contributed by atoms with van der Waals surface area (Å²) in [5.74, 6) is 0. The van der Waals surface area contributed by atoms with E-state index in [9.17, 15) is 0 Å². The third kappa shape index (κ3) is 3.94. The maximum Gasteiger partial charge on any atom is 0.0522 e. The fraction of sp³-hybridized carbons (Fsp3) is 0.750. The van der Waals surface area contributed by atoms with Crippen LogP contribution in [0.3, 0.4) is 0 Å². The Hall–Kier alpha value is -0.870. The fourth-order valence-corrected chi connectivity index (χ4v) is 1.75. The van der Waals surface area contributed by atoms with Crippen molar-refractivity contribution >= 4 is 0 Å². The molecule has 4 heteroatoms. The van der Waals surface area contributed by atoms with Gasteiger partial charge < -0.3 is 10.4 Å². The topological polar surface area (TPSA) is 50.1 Å². The number of aliphatic hydroxyl groups excluding tert-OH is 1. The van der Waals surface area contributed by atoms with Crippen molar-refractivity contribution in [2.45, 2.75) is 38.6 Å². The van der Waals surface area contributed by atoms with Gasteiger partial charge in [0.15, 0.2) is 0 Å². The molecule has 1 unspecified atom stereocenters. The Balaban J connectivity index is 2.33. The van der Waals surface area contributed by atoms with Gasteiger partial charge in [-0.1, -0.05) is 6.92 Å². The first kappa shape index (κ1) is 13.2. The van der Waals surface area contributed by atoms with Crippen LogP contribution in [-0.4, -0.2) is 33.6 Å². The summed E-state index contributed by atoms with van der Waals surface area (Å²) in [4.78, 5) is 0. The van der Waals surface area contributed by atoms with Gasteiger partial charge in [-0.05, 0) is 38.3 Å². The minimum Gasteiger partial charge on any atom is -0.396 e. The van der Waals surface area contributed by atoms with Crippen molar-refractivity contribution in [1.82, 2.24) is 15.1 Å². The van der Waals surface area contributed by atoms with Crippen LogP contribution in [0.2, 0.25) is 0 Å². The van der Waals surface area contributed by atoms with E-state index in [1.165, 1.54) is 5.56 Å². The molecule has 0 aliphatic carbocycles. The lowest BCUT2D eigenvalue weighted by molar-refractivity contribution is 0.216. The number of aryl methyl sites for hydroxylation is 1. The molecule has 1 rings (SSSR count). The molecule has 0 saturated heterocycles. The van der Waals surface area contributed by atoms with Crippen molar-refractivity contribution in [3.05, 3.63) is 18.0 Å². The molecular formula is C12H23N3O. The lowest BCUT2D eigenvalue weighted by Crippen LogP contribution is -2.43. The van der Waals surface area contributed by atoms with E-state index >= 15 is 0 Å². The summed E-state index contributed by atoms with van der Waals surface area (Å²) in [6, 6.07) is 0. The van der Waals surface area contributed by atoms with Gasteiger partial charge in [0.1, 0.15) is 0 Å². The van der Waals surface area contributed by atoms with Gasteiger partial charge in [0.05, 0.1) is 6.20 Å². The van der Waals surface area contributed by atoms with E-state index in [4.69, 9.17) is 5.11 Å². The summed E-state index contributed by atoms with van der Waals surface area (Å²) < 4.78 is 1.82. The van der Waals surface area contributed by atoms with Crippen molar-refractivity contribution in [3.8, 4) is 0 Å². The third-order valence-corrected chi connectivity index (χ3v) is 3.17. The highest BCUT2D eigenvalue weighted by Gasteiger charge is 2.19. The van der Waals surface area contributed by atoms with Gasteiger partial charge in [-0.3, -0.25) is 4.68 Å². The smallest absolute Gasteiger partial charge is 0.0522 e. The Bertz CT molecular complexity index is 311. The fourth-order valence-electron chi connectivity index (χ4n) is 1.75. The molecule has 2 N–H and O–H groups in total. The van der Waals surface area contributed by atoms with Crippen molar-refractivity contribution in [2.75, 3.05) is 13.2 Å². The van der Waals surface area contributed by atoms with E-state index in [-0.39, 0.29) is 12.1 Å². The van der Waals surface area contributed by atoms with Gasteiger partial charge in [0.25, 0.3) is 0 Å². The molecule has 1 aromatic heterocycles. The molecule has 92 valence electrons. The highest BCUT2D eigenvalue weighted by Crippen LogP contribution is 2.13. The summed E-state index contributed by atoms with van der Waals surface area (Å²) in [5, 5.41) is 16.6. The maximum atomic E-state index is 9.00. The van der Waals surface area contributed by atoms with Crippen molar-refractivity contribution in [3.63, 3.8) is 0 Å². The Morgan fingerprint density at radius 1 is 1.56 bits per heavy atom. The van der Waals surface area contributed by atoms with E-state index in [2.05, 4.69) is 24.3 Å². The van der Waals surface area contributed by atoms with Crippen LogP contribution in [0.1, 0.15) is 32.3 Å². The predicted molar refractivity (Wildman–Crippen MR) is 65.3 cm³/mol. The van der Waals surface area contributed by atoms with E-state index in [0.717, 1.165) is 25.8 Å². The van der Waals surface area contributed by atoms with Crippen LogP contribution in [0.5, 0.6) is 0 Å². The zero-order valence-corrected chi connectivity index (χ0v) is 10.5. The molecule has 0 aliphatic rings. The molecule has 0 aliphatic heterocycles. The Kier molecular flexibility index (Phi) is 4.96. The van der Waals surface area contributed by atoms with Gasteiger partial charge >= 0.3 is 0 Å². The number of nitrogens with zero attached hydrogens (tertiary/aromatic N) is 2. The number of rotatable bonds is 7. The summed E-state index contributed by atoms with van der Waals surface area (Å²) >= 11 is 0. The van der Waals surface area contributed by atoms with Crippen LogP contribution < -0.4 is 5.32 Å². The average molecular weight is 225 g/mol. The van der Waals surface area contributed by atoms with Crippen LogP contribution in [0, 0.1) is 0 Å².